The molecule has 0 fully saturated rings. The molecule has 0 aliphatic carbocycles. The van der Waals surface area contributed by atoms with Gasteiger partial charge in [-0.1, -0.05) is 18.2 Å². The molecule has 0 radical (unpaired) electrons. The fourth-order valence-electron chi connectivity index (χ4n) is 3.35. The number of nitrogens with one attached hydrogen (secondary N) is 1. The summed E-state index contributed by atoms with van der Waals surface area (Å²) in [7, 11) is 0. The zero-order valence-electron chi connectivity index (χ0n) is 13.8. The number of aromatic nitrogens is 5. The molecule has 0 unspecified atom stereocenters. The summed E-state index contributed by atoms with van der Waals surface area (Å²) >= 11 is 0. The first kappa shape index (κ1) is 15.3. The average molecular weight is 361 g/mol. The molecular formula is C18H12FN7O. The molecule has 0 aliphatic rings. The summed E-state index contributed by atoms with van der Waals surface area (Å²) in [6.45, 7) is 0. The van der Waals surface area contributed by atoms with Gasteiger partial charge in [-0.3, -0.25) is 14.5 Å². The lowest BCUT2D eigenvalue weighted by molar-refractivity contribution is 0.100. The number of aromatic amines is 1. The Morgan fingerprint density at radius 2 is 1.74 bits per heavy atom. The van der Waals surface area contributed by atoms with Gasteiger partial charge in [-0.25, -0.2) is 9.97 Å². The molecule has 132 valence electrons. The van der Waals surface area contributed by atoms with Crippen molar-refractivity contribution in [3.63, 3.8) is 0 Å². The van der Waals surface area contributed by atoms with E-state index in [2.05, 4.69) is 20.2 Å². The van der Waals surface area contributed by atoms with Crippen molar-refractivity contribution < 1.29 is 9.18 Å². The van der Waals surface area contributed by atoms with Gasteiger partial charge in [0, 0.05) is 0 Å². The minimum Gasteiger partial charge on any atom is -0.384 e. The Bertz CT molecular complexity index is 1390. The Labute approximate surface area is 150 Å². The summed E-state index contributed by atoms with van der Waals surface area (Å²) in [5.74, 6) is -1.31. The molecule has 0 aliphatic heterocycles. The quantitative estimate of drug-likeness (QED) is 0.444. The van der Waals surface area contributed by atoms with E-state index in [4.69, 9.17) is 11.5 Å². The number of carbonyl (C=O) groups excluding carboxylic acids is 1. The van der Waals surface area contributed by atoms with Crippen LogP contribution in [0.3, 0.4) is 0 Å². The highest BCUT2D eigenvalue weighted by Crippen LogP contribution is 2.33. The number of hydrogen-bond donors (Lipinski definition) is 3. The highest BCUT2D eigenvalue weighted by molar-refractivity contribution is 6.11. The molecule has 9 heteroatoms. The van der Waals surface area contributed by atoms with Crippen LogP contribution in [0.2, 0.25) is 0 Å². The van der Waals surface area contributed by atoms with E-state index in [0.717, 1.165) is 0 Å². The number of nitrogen functional groups attached to an aromatic ring is 1. The second-order valence-corrected chi connectivity index (χ2v) is 6.05. The van der Waals surface area contributed by atoms with E-state index in [1.165, 1.54) is 4.57 Å². The largest absolute Gasteiger partial charge is 0.384 e. The number of hydrogen-bond acceptors (Lipinski definition) is 5. The van der Waals surface area contributed by atoms with Crippen LogP contribution in [0.1, 0.15) is 10.4 Å². The standard InChI is InChI=1S/C18H12FN7O/c19-15-12-10(24-25-15)6-3-7-11(12)26-16(20)13(17(21)27)14-18(26)23-9-5-2-1-4-8(9)22-14/h1-7H,20H2,(H2,21,27)(H,24,25). The van der Waals surface area contributed by atoms with Crippen molar-refractivity contribution >= 4 is 44.8 Å². The normalized spacial score (nSPS) is 11.6. The molecule has 5 rings (SSSR count). The van der Waals surface area contributed by atoms with Crippen LogP contribution >= 0.6 is 0 Å². The summed E-state index contributed by atoms with van der Waals surface area (Å²) in [5.41, 5.74) is 14.4. The smallest absolute Gasteiger partial charge is 0.254 e. The van der Waals surface area contributed by atoms with Crippen molar-refractivity contribution in [1.29, 1.82) is 0 Å². The highest BCUT2D eigenvalue weighted by Gasteiger charge is 2.25. The van der Waals surface area contributed by atoms with E-state index in [0.29, 0.717) is 27.9 Å². The van der Waals surface area contributed by atoms with Crippen molar-refractivity contribution in [3.8, 4) is 5.69 Å². The lowest BCUT2D eigenvalue weighted by Gasteiger charge is -2.09. The molecule has 0 spiro atoms. The molecule has 2 aromatic carbocycles. The first-order valence-electron chi connectivity index (χ1n) is 8.05. The van der Waals surface area contributed by atoms with Crippen LogP contribution in [0.25, 0.3) is 38.8 Å². The third-order valence-corrected chi connectivity index (χ3v) is 4.50. The highest BCUT2D eigenvalue weighted by atomic mass is 19.1. The first-order valence-corrected chi connectivity index (χ1v) is 8.05. The van der Waals surface area contributed by atoms with Crippen LogP contribution in [-0.2, 0) is 0 Å². The van der Waals surface area contributed by atoms with Crippen LogP contribution in [-0.4, -0.2) is 30.6 Å². The van der Waals surface area contributed by atoms with Gasteiger partial charge in [0.2, 0.25) is 5.95 Å². The van der Waals surface area contributed by atoms with Gasteiger partial charge < -0.3 is 11.5 Å². The summed E-state index contributed by atoms with van der Waals surface area (Å²) in [4.78, 5) is 21.2. The van der Waals surface area contributed by atoms with Crippen molar-refractivity contribution in [3.05, 3.63) is 54.0 Å². The molecule has 0 saturated carbocycles. The van der Waals surface area contributed by atoms with Gasteiger partial charge in [0.15, 0.2) is 5.65 Å². The molecule has 5 aromatic rings. The second kappa shape index (κ2) is 5.24. The third kappa shape index (κ3) is 2.02. The number of primary amides is 1. The zero-order valence-corrected chi connectivity index (χ0v) is 13.8. The maximum Gasteiger partial charge on any atom is 0.254 e. The number of nitrogens with zero attached hydrogens (tertiary/aromatic N) is 4. The predicted molar refractivity (Wildman–Crippen MR) is 98.9 cm³/mol. The summed E-state index contributed by atoms with van der Waals surface area (Å²) in [6.07, 6.45) is 0. The number of halogens is 1. The molecule has 0 atom stereocenters. The molecule has 5 N–H and O–H groups in total. The van der Waals surface area contributed by atoms with Gasteiger partial charge in [0.25, 0.3) is 5.91 Å². The number of rotatable bonds is 2. The molecule has 8 nitrogen and oxygen atoms in total. The molecular weight excluding hydrogens is 349 g/mol. The van der Waals surface area contributed by atoms with Gasteiger partial charge in [0.05, 0.1) is 27.6 Å². The number of anilines is 1. The number of fused-ring (bicyclic) bond motifs is 3. The first-order chi connectivity index (χ1) is 13.1. The van der Waals surface area contributed by atoms with Crippen LogP contribution in [0.4, 0.5) is 10.2 Å². The summed E-state index contributed by atoms with van der Waals surface area (Å²) in [5, 5.41) is 6.47. The molecule has 0 saturated heterocycles. The lowest BCUT2D eigenvalue weighted by Crippen LogP contribution is -2.14. The molecule has 3 aromatic heterocycles. The Morgan fingerprint density at radius 1 is 1.04 bits per heavy atom. The van der Waals surface area contributed by atoms with E-state index >= 15 is 0 Å². The van der Waals surface area contributed by atoms with Gasteiger partial charge in [0.1, 0.15) is 16.9 Å². The SMILES string of the molecule is NC(=O)c1c(N)n(-c2cccc3n[nH]c(F)c23)c2nc3ccccc3nc12. The average Bonchev–Trinajstić information content (AvgIpc) is 3.17. The molecule has 3 heterocycles. The Hall–Kier alpha value is -4.01. The number of benzene rings is 2. The molecule has 0 bridgehead atoms. The van der Waals surface area contributed by atoms with Gasteiger partial charge in [-0.15, -0.1) is 0 Å². The Kier molecular flexibility index (Phi) is 2.96. The minimum atomic E-state index is -0.735. The fourth-order valence-corrected chi connectivity index (χ4v) is 3.35. The fraction of sp³-hybridized carbons (Fsp3) is 0. The van der Waals surface area contributed by atoms with E-state index < -0.39 is 11.9 Å². The van der Waals surface area contributed by atoms with Crippen molar-refractivity contribution in [1.82, 2.24) is 24.7 Å². The van der Waals surface area contributed by atoms with Crippen LogP contribution in [0.5, 0.6) is 0 Å². The van der Waals surface area contributed by atoms with Crippen molar-refractivity contribution in [2.75, 3.05) is 5.73 Å². The maximum atomic E-state index is 14.3. The van der Waals surface area contributed by atoms with Crippen molar-refractivity contribution in [2.45, 2.75) is 0 Å². The van der Waals surface area contributed by atoms with Crippen LogP contribution in [0, 0.1) is 5.95 Å². The number of para-hydroxylation sites is 2. The number of amides is 1. The van der Waals surface area contributed by atoms with E-state index in [-0.39, 0.29) is 22.3 Å². The monoisotopic (exact) mass is 361 g/mol. The molecule has 1 amide bonds. The predicted octanol–water partition coefficient (Wildman–Crippen LogP) is 2.27. The maximum absolute atomic E-state index is 14.3. The molecule has 27 heavy (non-hydrogen) atoms. The number of H-pyrrole nitrogens is 1. The lowest BCUT2D eigenvalue weighted by atomic mass is 10.2. The number of nitrogens with two attached hydrogens (primary N) is 2. The number of carbonyl (C=O) groups is 1. The Balaban J connectivity index is 2.00. The van der Waals surface area contributed by atoms with E-state index in [1.54, 1.807) is 30.3 Å². The van der Waals surface area contributed by atoms with Crippen LogP contribution < -0.4 is 11.5 Å². The van der Waals surface area contributed by atoms with Gasteiger partial charge >= 0.3 is 0 Å². The summed E-state index contributed by atoms with van der Waals surface area (Å²) in [6, 6.07) is 12.2. The Morgan fingerprint density at radius 3 is 2.48 bits per heavy atom. The zero-order chi connectivity index (χ0) is 18.7. The van der Waals surface area contributed by atoms with E-state index in [1.807, 2.05) is 12.1 Å². The van der Waals surface area contributed by atoms with Gasteiger partial charge in [-0.05, 0) is 24.3 Å². The summed E-state index contributed by atoms with van der Waals surface area (Å²) < 4.78 is 15.8. The van der Waals surface area contributed by atoms with E-state index in [9.17, 15) is 9.18 Å². The third-order valence-electron chi connectivity index (χ3n) is 4.50. The minimum absolute atomic E-state index is 0.0425. The van der Waals surface area contributed by atoms with Crippen LogP contribution in [0.15, 0.2) is 42.5 Å². The topological polar surface area (TPSA) is 128 Å². The second-order valence-electron chi connectivity index (χ2n) is 6.05. The van der Waals surface area contributed by atoms with Crippen molar-refractivity contribution in [2.24, 2.45) is 5.73 Å². The van der Waals surface area contributed by atoms with Gasteiger partial charge in [-0.2, -0.15) is 9.49 Å².